The van der Waals surface area contributed by atoms with Gasteiger partial charge < -0.3 is 61.4 Å². The van der Waals surface area contributed by atoms with Gasteiger partial charge in [-0.1, -0.05) is 30.3 Å². The molecule has 65 heavy (non-hydrogen) atoms. The number of amides is 6. The molecule has 0 aliphatic carbocycles. The lowest BCUT2D eigenvalue weighted by Crippen LogP contribution is -2.54. The van der Waals surface area contributed by atoms with Crippen LogP contribution in [0.4, 0.5) is 4.79 Å². The van der Waals surface area contributed by atoms with E-state index in [1.807, 2.05) is 0 Å². The number of benzene rings is 1. The molecule has 0 saturated heterocycles. The van der Waals surface area contributed by atoms with Crippen LogP contribution >= 0.6 is 0 Å². The lowest BCUT2D eigenvalue weighted by Gasteiger charge is -2.21. The van der Waals surface area contributed by atoms with Crippen LogP contribution in [0, 0.1) is 0 Å². The van der Waals surface area contributed by atoms with Gasteiger partial charge in [-0.2, -0.15) is 0 Å². The zero-order valence-electron chi connectivity index (χ0n) is 37.5. The highest BCUT2D eigenvalue weighted by Crippen LogP contribution is 2.07. The molecule has 4 bridgehead atoms. The molecule has 8 N–H and O–H groups in total. The highest BCUT2D eigenvalue weighted by Gasteiger charge is 2.27. The number of nitrogens with zero attached hydrogens (tertiary/aromatic N) is 2. The monoisotopic (exact) mass is 906 g/mol. The third-order valence-corrected chi connectivity index (χ3v) is 9.64. The summed E-state index contributed by atoms with van der Waals surface area (Å²) in [4.78, 5) is 112. The van der Waals surface area contributed by atoms with E-state index in [-0.39, 0.29) is 62.0 Å². The Balaban J connectivity index is 1.57. The number of hydrogen-bond donors (Lipinski definition) is 8. The first-order valence-electron chi connectivity index (χ1n) is 21.7. The summed E-state index contributed by atoms with van der Waals surface area (Å²) in [5.41, 5.74) is -2.63. The number of pyridine rings is 2. The van der Waals surface area contributed by atoms with Crippen molar-refractivity contribution in [2.45, 2.75) is 64.7 Å². The van der Waals surface area contributed by atoms with Crippen molar-refractivity contribution >= 4 is 35.6 Å². The van der Waals surface area contributed by atoms with Gasteiger partial charge in [0, 0.05) is 39.8 Å². The van der Waals surface area contributed by atoms with Crippen molar-refractivity contribution in [3.05, 3.63) is 103 Å². The van der Waals surface area contributed by atoms with Crippen molar-refractivity contribution in [3.8, 4) is 0 Å². The van der Waals surface area contributed by atoms with Gasteiger partial charge in [0.1, 0.15) is 40.8 Å². The average molecular weight is 907 g/mol. The van der Waals surface area contributed by atoms with Crippen LogP contribution in [0.1, 0.15) is 93.7 Å². The number of fused-ring (bicyclic) bond motifs is 2. The molecule has 6 rings (SSSR count). The fourth-order valence-corrected chi connectivity index (χ4v) is 6.25. The molecule has 1 atom stereocenters. The topological polar surface area (TPSA) is 270 Å². The van der Waals surface area contributed by atoms with Gasteiger partial charge in [-0.3, -0.25) is 33.6 Å². The largest absolute Gasteiger partial charge is 0.444 e. The Hall–Kier alpha value is -6.58. The van der Waals surface area contributed by atoms with Crippen LogP contribution in [0.2, 0.25) is 0 Å². The van der Waals surface area contributed by atoms with E-state index in [0.29, 0.717) is 42.8 Å². The number of hydrogen-bond acceptors (Lipinski definition) is 13. The summed E-state index contributed by atoms with van der Waals surface area (Å²) >= 11 is 0. The Morgan fingerprint density at radius 3 is 1.85 bits per heavy atom. The number of alkyl carbamates (subject to hydrolysis) is 1. The van der Waals surface area contributed by atoms with Gasteiger partial charge in [0.15, 0.2) is 0 Å². The Morgan fingerprint density at radius 1 is 0.662 bits per heavy atom. The normalized spacial score (nSPS) is 16.6. The maximum absolute atomic E-state index is 14.0. The molecule has 21 nitrogen and oxygen atoms in total. The fourth-order valence-electron chi connectivity index (χ4n) is 6.25. The van der Waals surface area contributed by atoms with Crippen molar-refractivity contribution in [2.75, 3.05) is 72.1 Å². The zero-order chi connectivity index (χ0) is 47.2. The quantitative estimate of drug-likeness (QED) is 0.120. The minimum Gasteiger partial charge on any atom is -0.444 e. The molecular formula is C44H62N10O11. The van der Waals surface area contributed by atoms with Gasteiger partial charge in [-0.25, -0.2) is 4.79 Å². The van der Waals surface area contributed by atoms with E-state index in [4.69, 9.17) is 14.3 Å². The molecule has 0 radical (unpaired) electrons. The molecule has 0 saturated carbocycles. The summed E-state index contributed by atoms with van der Waals surface area (Å²) in [6, 6.07) is 12.3. The van der Waals surface area contributed by atoms with E-state index in [1.54, 1.807) is 51.1 Å². The molecule has 6 amide bonds. The first-order valence-corrected chi connectivity index (χ1v) is 21.7. The highest BCUT2D eigenvalue weighted by molar-refractivity contribution is 5.99. The summed E-state index contributed by atoms with van der Waals surface area (Å²) < 4.78 is 12.4. The number of carbonyl (C=O) groups excluding carboxylic acids is 6. The van der Waals surface area contributed by atoms with Crippen LogP contribution in [0.5, 0.6) is 0 Å². The Labute approximate surface area is 377 Å². The van der Waals surface area contributed by atoms with E-state index >= 15 is 0 Å². The summed E-state index contributed by atoms with van der Waals surface area (Å²) in [7, 11) is 1.32. The van der Waals surface area contributed by atoms with Crippen LogP contribution in [0.25, 0.3) is 0 Å². The molecular weight excluding hydrogens is 845 g/mol. The number of ether oxygens (including phenoxy) is 2. The van der Waals surface area contributed by atoms with Crippen LogP contribution in [-0.4, -0.2) is 129 Å². The van der Waals surface area contributed by atoms with Crippen LogP contribution in [0.15, 0.2) is 64.2 Å². The fraction of sp³-hybridized carbons (Fsp3) is 0.500. The summed E-state index contributed by atoms with van der Waals surface area (Å²) in [5, 5.41) is 22.4. The standard InChI is InChI=1S/C44H62N10O11/c1-44(2,3)65-43(62)50-25-27-63-26-24-49-38(57)33-28-51-39(58)34-16-14-31(41(60)53(34)4)36(55)47-22-10-20-45-18-8-9-19-46-21-11-23-48-37(56)32-15-17-35(40(59)52-33)54(42(32)61)64-29-30-12-6-5-7-13-30/h5-7,12-17,33,45-46H,8-11,18-29H2,1-4H3,(H,47,55)(H,48,56)(H,49,57)(H,50,62)(H,51,58)(H,52,59). The molecule has 3 aliphatic heterocycles. The van der Waals surface area contributed by atoms with Crippen LogP contribution in [-0.2, 0) is 27.9 Å². The molecule has 3 aliphatic rings. The third kappa shape index (κ3) is 17.1. The number of aromatic nitrogens is 2. The van der Waals surface area contributed by atoms with Crippen LogP contribution < -0.4 is 58.5 Å². The second-order valence-electron chi connectivity index (χ2n) is 16.0. The second kappa shape index (κ2) is 26.3. The maximum Gasteiger partial charge on any atom is 0.407 e. The zero-order valence-corrected chi connectivity index (χ0v) is 37.5. The first-order chi connectivity index (χ1) is 31.2. The van der Waals surface area contributed by atoms with Crippen molar-refractivity contribution in [2.24, 2.45) is 7.05 Å². The first kappa shape index (κ1) is 51.1. The molecule has 1 unspecified atom stereocenters. The van der Waals surface area contributed by atoms with Gasteiger partial charge in [-0.05, 0) is 102 Å². The van der Waals surface area contributed by atoms with E-state index in [2.05, 4.69) is 42.5 Å². The second-order valence-corrected chi connectivity index (χ2v) is 16.0. The molecule has 5 heterocycles. The lowest BCUT2D eigenvalue weighted by atomic mass is 10.2. The molecule has 21 heteroatoms. The van der Waals surface area contributed by atoms with Crippen LogP contribution in [0.3, 0.4) is 0 Å². The molecule has 354 valence electrons. The van der Waals surface area contributed by atoms with Gasteiger partial charge in [-0.15, -0.1) is 4.73 Å². The van der Waals surface area contributed by atoms with Crippen molar-refractivity contribution < 1.29 is 43.1 Å². The minimum atomic E-state index is -1.48. The molecule has 3 aromatic rings. The maximum atomic E-state index is 14.0. The Morgan fingerprint density at radius 2 is 1.23 bits per heavy atom. The van der Waals surface area contributed by atoms with E-state index in [1.165, 1.54) is 31.3 Å². The third-order valence-electron chi connectivity index (χ3n) is 9.64. The van der Waals surface area contributed by atoms with E-state index in [9.17, 15) is 38.4 Å². The Kier molecular flexibility index (Phi) is 20.6. The van der Waals surface area contributed by atoms with Gasteiger partial charge >= 0.3 is 6.09 Å². The molecule has 2 aromatic heterocycles. The van der Waals surface area contributed by atoms with Gasteiger partial charge in [0.05, 0.1) is 13.2 Å². The Bertz CT molecular complexity index is 2210. The van der Waals surface area contributed by atoms with E-state index < -0.39 is 64.9 Å². The molecule has 0 fully saturated rings. The number of rotatable bonds is 10. The molecule has 1 aromatic carbocycles. The average Bonchev–Trinajstić information content (AvgIpc) is 3.26. The molecule has 0 spiro atoms. The predicted molar refractivity (Wildman–Crippen MR) is 240 cm³/mol. The number of carbonyl (C=O) groups is 6. The SMILES string of the molecule is Cn1c2ccc(c1=O)C(=O)NCCCNCCCCNCCCNC(=O)c1ccc(n(OCc3ccccc3)c1=O)C(=O)NC(C(=O)NCCOCCNC(=O)OC(C)(C)C)CNC2=O. The summed E-state index contributed by atoms with van der Waals surface area (Å²) in [5.74, 6) is -3.80. The number of nitrogens with one attached hydrogen (secondary N) is 8. The van der Waals surface area contributed by atoms with E-state index in [0.717, 1.165) is 30.5 Å². The van der Waals surface area contributed by atoms with Gasteiger partial charge in [0.25, 0.3) is 34.7 Å². The van der Waals surface area contributed by atoms with Crippen molar-refractivity contribution in [1.29, 1.82) is 0 Å². The smallest absolute Gasteiger partial charge is 0.407 e. The minimum absolute atomic E-state index is 0.000592. The lowest BCUT2D eigenvalue weighted by molar-refractivity contribution is -0.123. The highest BCUT2D eigenvalue weighted by atomic mass is 16.7. The summed E-state index contributed by atoms with van der Waals surface area (Å²) in [6.07, 6.45) is 2.42. The van der Waals surface area contributed by atoms with Gasteiger partial charge in [0.2, 0.25) is 5.91 Å². The van der Waals surface area contributed by atoms with Crippen molar-refractivity contribution in [3.63, 3.8) is 0 Å². The van der Waals surface area contributed by atoms with Crippen molar-refractivity contribution in [1.82, 2.24) is 51.8 Å². The summed E-state index contributed by atoms with van der Waals surface area (Å²) in [6.45, 7) is 8.10. The predicted octanol–water partition coefficient (Wildman–Crippen LogP) is -0.425.